The van der Waals surface area contributed by atoms with Gasteiger partial charge in [0, 0.05) is 25.2 Å². The second-order valence-corrected chi connectivity index (χ2v) is 7.77. The van der Waals surface area contributed by atoms with Gasteiger partial charge in [0.2, 0.25) is 15.9 Å². The fourth-order valence-corrected chi connectivity index (χ4v) is 3.54. The molecule has 1 atom stereocenters. The predicted molar refractivity (Wildman–Crippen MR) is 87.0 cm³/mol. The number of anilines is 1. The van der Waals surface area contributed by atoms with E-state index in [-0.39, 0.29) is 11.7 Å². The van der Waals surface area contributed by atoms with Gasteiger partial charge in [-0.05, 0) is 31.9 Å². The number of carbonyl (C=O) groups excluding carboxylic acids is 1. The monoisotopic (exact) mass is 361 g/mol. The molecule has 0 aliphatic carbocycles. The molecule has 1 aromatic carbocycles. The van der Waals surface area contributed by atoms with E-state index in [1.54, 1.807) is 6.92 Å². The second kappa shape index (κ2) is 7.54. The summed E-state index contributed by atoms with van der Waals surface area (Å²) in [5.74, 6) is -1.93. The first-order chi connectivity index (χ1) is 11.2. The molecular weight excluding hydrogens is 340 g/mol. The van der Waals surface area contributed by atoms with Crippen LogP contribution in [0.25, 0.3) is 0 Å². The number of sulfonamides is 1. The van der Waals surface area contributed by atoms with Crippen LogP contribution >= 0.6 is 0 Å². The zero-order chi connectivity index (χ0) is 17.9. The molecule has 2 rings (SSSR count). The number of likely N-dealkylation sites (tertiary alicyclic amines) is 1. The van der Waals surface area contributed by atoms with Gasteiger partial charge >= 0.3 is 0 Å². The van der Waals surface area contributed by atoms with Crippen molar-refractivity contribution >= 4 is 21.6 Å². The van der Waals surface area contributed by atoms with Crippen LogP contribution in [0.4, 0.5) is 14.5 Å². The van der Waals surface area contributed by atoms with E-state index in [2.05, 4.69) is 10.0 Å². The molecule has 1 aliphatic rings. The number of hydrogen-bond donors (Lipinski definition) is 2. The highest BCUT2D eigenvalue weighted by molar-refractivity contribution is 7.88. The lowest BCUT2D eigenvalue weighted by Gasteiger charge is -2.35. The van der Waals surface area contributed by atoms with Gasteiger partial charge in [-0.15, -0.1) is 0 Å². The quantitative estimate of drug-likeness (QED) is 0.829. The molecule has 1 fully saturated rings. The van der Waals surface area contributed by atoms with Crippen molar-refractivity contribution in [2.24, 2.45) is 0 Å². The van der Waals surface area contributed by atoms with Crippen molar-refractivity contribution in [3.8, 4) is 0 Å². The number of piperidine rings is 1. The molecule has 9 heteroatoms. The maximum atomic E-state index is 13.6. The van der Waals surface area contributed by atoms with Gasteiger partial charge in [-0.3, -0.25) is 9.69 Å². The predicted octanol–water partition coefficient (Wildman–Crippen LogP) is 1.31. The Morgan fingerprint density at radius 1 is 1.29 bits per heavy atom. The van der Waals surface area contributed by atoms with E-state index in [4.69, 9.17) is 0 Å². The van der Waals surface area contributed by atoms with Gasteiger partial charge in [-0.25, -0.2) is 21.9 Å². The van der Waals surface area contributed by atoms with E-state index in [1.165, 1.54) is 6.07 Å². The number of halogens is 2. The number of benzene rings is 1. The number of nitrogens with one attached hydrogen (secondary N) is 2. The lowest BCUT2D eigenvalue weighted by atomic mass is 10.0. The normalized spacial score (nSPS) is 18.3. The lowest BCUT2D eigenvalue weighted by Crippen LogP contribution is -2.50. The third-order valence-corrected chi connectivity index (χ3v) is 4.79. The molecule has 1 aliphatic heterocycles. The van der Waals surface area contributed by atoms with Crippen LogP contribution in [-0.2, 0) is 14.8 Å². The first kappa shape index (κ1) is 18.8. The molecular formula is C15H21F2N3O3S. The van der Waals surface area contributed by atoms with Crippen LogP contribution in [0.15, 0.2) is 18.2 Å². The summed E-state index contributed by atoms with van der Waals surface area (Å²) in [5.41, 5.74) is -0.0677. The first-order valence-corrected chi connectivity index (χ1v) is 9.52. The summed E-state index contributed by atoms with van der Waals surface area (Å²) in [7, 11) is -3.25. The summed E-state index contributed by atoms with van der Waals surface area (Å²) in [6.45, 7) is 2.79. The Bertz CT molecular complexity index is 704. The maximum Gasteiger partial charge on any atom is 0.241 e. The highest BCUT2D eigenvalue weighted by atomic mass is 32.2. The molecule has 1 aromatic rings. The Balaban J connectivity index is 1.90. The van der Waals surface area contributed by atoms with Gasteiger partial charge in [0.05, 0.1) is 18.0 Å². The number of carbonyl (C=O) groups is 1. The van der Waals surface area contributed by atoms with Crippen LogP contribution in [0.5, 0.6) is 0 Å². The van der Waals surface area contributed by atoms with Gasteiger partial charge in [0.25, 0.3) is 0 Å². The van der Waals surface area contributed by atoms with Gasteiger partial charge < -0.3 is 5.32 Å². The second-order valence-electron chi connectivity index (χ2n) is 5.99. The number of nitrogens with zero attached hydrogens (tertiary/aromatic N) is 1. The zero-order valence-corrected chi connectivity index (χ0v) is 14.4. The summed E-state index contributed by atoms with van der Waals surface area (Å²) >= 11 is 0. The fourth-order valence-electron chi connectivity index (χ4n) is 2.70. The third-order valence-electron chi connectivity index (χ3n) is 4.03. The van der Waals surface area contributed by atoms with Crippen molar-refractivity contribution in [1.29, 1.82) is 0 Å². The van der Waals surface area contributed by atoms with Crippen LogP contribution in [0, 0.1) is 11.6 Å². The first-order valence-electron chi connectivity index (χ1n) is 7.63. The van der Waals surface area contributed by atoms with E-state index in [0.29, 0.717) is 32.0 Å². The van der Waals surface area contributed by atoms with Crippen molar-refractivity contribution in [2.45, 2.75) is 31.8 Å². The summed E-state index contributed by atoms with van der Waals surface area (Å²) < 4.78 is 51.5. The Hall–Kier alpha value is -1.58. The minimum Gasteiger partial charge on any atom is -0.322 e. The molecule has 0 spiro atoms. The molecule has 0 radical (unpaired) electrons. The molecule has 2 N–H and O–H groups in total. The Morgan fingerprint density at radius 3 is 2.46 bits per heavy atom. The third kappa shape index (κ3) is 5.22. The number of hydrogen-bond acceptors (Lipinski definition) is 4. The van der Waals surface area contributed by atoms with Crippen LogP contribution < -0.4 is 10.0 Å². The van der Waals surface area contributed by atoms with Gasteiger partial charge in [-0.1, -0.05) is 0 Å². The molecule has 0 saturated carbocycles. The summed E-state index contributed by atoms with van der Waals surface area (Å²) in [4.78, 5) is 14.1. The molecule has 24 heavy (non-hydrogen) atoms. The molecule has 1 heterocycles. The van der Waals surface area contributed by atoms with Gasteiger partial charge in [0.15, 0.2) is 0 Å². The van der Waals surface area contributed by atoms with E-state index in [1.807, 2.05) is 4.90 Å². The maximum absolute atomic E-state index is 13.6. The summed E-state index contributed by atoms with van der Waals surface area (Å²) in [5, 5.41) is 2.45. The van der Waals surface area contributed by atoms with Crippen molar-refractivity contribution in [2.75, 3.05) is 24.7 Å². The van der Waals surface area contributed by atoms with E-state index < -0.39 is 33.6 Å². The van der Waals surface area contributed by atoms with E-state index in [9.17, 15) is 22.0 Å². The standard InChI is InChI=1S/C15H21F2N3O3S/c1-10(15(21)18-14-4-3-11(16)9-13(14)17)20-7-5-12(6-8-20)19-24(2,22)23/h3-4,9-10,12,19H,5-8H2,1-2H3,(H,18,21). The molecule has 1 unspecified atom stereocenters. The number of amides is 1. The van der Waals surface area contributed by atoms with Crippen molar-refractivity contribution in [3.05, 3.63) is 29.8 Å². The fraction of sp³-hybridized carbons (Fsp3) is 0.533. The average molecular weight is 361 g/mol. The molecule has 6 nitrogen and oxygen atoms in total. The highest BCUT2D eigenvalue weighted by Crippen LogP contribution is 2.18. The van der Waals surface area contributed by atoms with Gasteiger partial charge in [-0.2, -0.15) is 0 Å². The van der Waals surface area contributed by atoms with Crippen LogP contribution in [-0.4, -0.2) is 50.7 Å². The molecule has 1 amide bonds. The SMILES string of the molecule is CC(C(=O)Nc1ccc(F)cc1F)N1CCC(NS(C)(=O)=O)CC1. The van der Waals surface area contributed by atoms with Crippen molar-refractivity contribution in [3.63, 3.8) is 0 Å². The topological polar surface area (TPSA) is 78.5 Å². The smallest absolute Gasteiger partial charge is 0.241 e. The van der Waals surface area contributed by atoms with Crippen molar-refractivity contribution < 1.29 is 22.0 Å². The Morgan fingerprint density at radius 2 is 1.92 bits per heavy atom. The number of rotatable bonds is 5. The lowest BCUT2D eigenvalue weighted by molar-refractivity contribution is -0.121. The molecule has 0 aromatic heterocycles. The van der Waals surface area contributed by atoms with Crippen LogP contribution in [0.3, 0.4) is 0 Å². The van der Waals surface area contributed by atoms with Crippen LogP contribution in [0.2, 0.25) is 0 Å². The van der Waals surface area contributed by atoms with Crippen molar-refractivity contribution in [1.82, 2.24) is 9.62 Å². The summed E-state index contributed by atoms with van der Waals surface area (Å²) in [6, 6.07) is 2.32. The molecule has 0 bridgehead atoms. The largest absolute Gasteiger partial charge is 0.322 e. The molecule has 134 valence electrons. The zero-order valence-electron chi connectivity index (χ0n) is 13.6. The van der Waals surface area contributed by atoms with Crippen LogP contribution in [0.1, 0.15) is 19.8 Å². The van der Waals surface area contributed by atoms with Gasteiger partial charge in [0.1, 0.15) is 11.6 Å². The van der Waals surface area contributed by atoms with E-state index in [0.717, 1.165) is 12.3 Å². The summed E-state index contributed by atoms with van der Waals surface area (Å²) in [6.07, 6.45) is 2.30. The minimum absolute atomic E-state index is 0.0677. The average Bonchev–Trinajstić information content (AvgIpc) is 2.48. The Labute approximate surface area is 140 Å². The minimum atomic E-state index is -3.25. The molecule has 1 saturated heterocycles. The van der Waals surface area contributed by atoms with E-state index >= 15 is 0 Å². The highest BCUT2D eigenvalue weighted by Gasteiger charge is 2.28. The Kier molecular flexibility index (Phi) is 5.89.